The quantitative estimate of drug-likeness (QED) is 0.144. The first-order valence-corrected chi connectivity index (χ1v) is 10.8. The van der Waals surface area contributed by atoms with Gasteiger partial charge in [-0.1, -0.05) is 61.1 Å². The Bertz CT molecular complexity index is 830. The second kappa shape index (κ2) is 15.0. The van der Waals surface area contributed by atoms with Gasteiger partial charge >= 0.3 is 15.1 Å². The van der Waals surface area contributed by atoms with Gasteiger partial charge in [0.15, 0.2) is 5.78 Å². The summed E-state index contributed by atoms with van der Waals surface area (Å²) in [5, 5.41) is 0. The summed E-state index contributed by atoms with van der Waals surface area (Å²) < 4.78 is 29.7. The summed E-state index contributed by atoms with van der Waals surface area (Å²) in [5.74, 6) is -1.12. The molecule has 2 aromatic rings. The van der Waals surface area contributed by atoms with Gasteiger partial charge in [-0.15, -0.1) is 0 Å². The Balaban J connectivity index is 0.00000249. The molecule has 0 saturated carbocycles. The van der Waals surface area contributed by atoms with Crippen LogP contribution in [0, 0.1) is 0 Å². The van der Waals surface area contributed by atoms with Crippen LogP contribution in [0.3, 0.4) is 0 Å². The Kier molecular flexibility index (Phi) is 12.7. The highest BCUT2D eigenvalue weighted by atomic mass is 31.0. The van der Waals surface area contributed by atoms with Gasteiger partial charge in [0.05, 0.1) is 27.9 Å². The molecule has 7 nitrogen and oxygen atoms in total. The van der Waals surface area contributed by atoms with Gasteiger partial charge in [0.25, 0.3) is 0 Å². The van der Waals surface area contributed by atoms with Gasteiger partial charge < -0.3 is 18.9 Å². The zero-order valence-electron chi connectivity index (χ0n) is 19.1. The van der Waals surface area contributed by atoms with Crippen LogP contribution in [0.2, 0.25) is 0 Å². The molecule has 8 heteroatoms. The van der Waals surface area contributed by atoms with Crippen molar-refractivity contribution in [1.82, 2.24) is 0 Å². The number of carbonyl (C=O) groups excluding carboxylic acids is 2. The minimum atomic E-state index is -1.12. The summed E-state index contributed by atoms with van der Waals surface area (Å²) in [6, 6.07) is 12.1. The molecule has 0 aliphatic carbocycles. The van der Waals surface area contributed by atoms with Crippen LogP contribution in [0.4, 0.5) is 0 Å². The van der Waals surface area contributed by atoms with E-state index in [4.69, 9.17) is 23.5 Å². The molecule has 0 radical (unpaired) electrons. The zero-order valence-corrected chi connectivity index (χ0v) is 20.2. The maximum atomic E-state index is 13.6. The van der Waals surface area contributed by atoms with Crippen molar-refractivity contribution < 1.29 is 33.1 Å². The number of hydrogen-bond donors (Lipinski definition) is 0. The van der Waals surface area contributed by atoms with Crippen molar-refractivity contribution in [2.45, 2.75) is 38.5 Å². The second-order valence-corrected chi connectivity index (χ2v) is 6.84. The summed E-state index contributed by atoms with van der Waals surface area (Å²) in [6.07, 6.45) is 3.92. The highest BCUT2D eigenvalue weighted by molar-refractivity contribution is 7.00. The Labute approximate surface area is 191 Å². The summed E-state index contributed by atoms with van der Waals surface area (Å²) >= 11 is 0. The maximum absolute atomic E-state index is 13.6. The number of unbranched alkanes of at least 4 members (excludes halogenated alkanes) is 3. The summed E-state index contributed by atoms with van der Waals surface area (Å²) in [5.41, 5.74) is 0.735. The molecule has 0 spiro atoms. The third-order valence-corrected chi connectivity index (χ3v) is 4.83. The van der Waals surface area contributed by atoms with E-state index in [1.165, 1.54) is 30.4 Å². The predicted molar refractivity (Wildman–Crippen MR) is 125 cm³/mol. The van der Waals surface area contributed by atoms with Crippen LogP contribution in [-0.2, 0) is 14.1 Å². The molecule has 2 rings (SSSR count). The number of carbonyl (C=O) groups is 2. The van der Waals surface area contributed by atoms with Crippen molar-refractivity contribution in [2.24, 2.45) is 0 Å². The number of hydrogen-bond acceptors (Lipinski definition) is 7. The van der Waals surface area contributed by atoms with Gasteiger partial charge in [0, 0.05) is 12.1 Å². The molecular weight excluding hydrogens is 431 g/mol. The van der Waals surface area contributed by atoms with Crippen LogP contribution in [0.5, 0.6) is 17.2 Å². The molecule has 2 unspecified atom stereocenters. The molecule has 0 amide bonds. The van der Waals surface area contributed by atoms with E-state index in [1.54, 1.807) is 36.4 Å². The maximum Gasteiger partial charge on any atom is 0.321 e. The molecule has 0 aromatic heterocycles. The number of benzene rings is 2. The van der Waals surface area contributed by atoms with Crippen LogP contribution >= 0.6 is 9.12 Å². The molecule has 0 saturated heterocycles. The smallest absolute Gasteiger partial charge is 0.321 e. The van der Waals surface area contributed by atoms with Crippen molar-refractivity contribution in [1.29, 1.82) is 0 Å². The standard InChI is InChI=1S/C24H30O6.H2OP/c1-5-6-7-11-14-30-24(26)21(17-12-9-8-10-13-17)23(25)22-19(28-3)15-18(27-2)16-20(22)29-4;1-2/h8-10,12-13,15-16,21H,5-7,11,14H2,1-4H3;2H2/q;+1. The monoisotopic (exact) mass is 463 g/mol. The number of esters is 1. The number of Topliss-reactive ketones (excluding diaryl/α,β-unsaturated/α-hetero) is 1. The van der Waals surface area contributed by atoms with Crippen molar-refractivity contribution in [2.75, 3.05) is 27.9 Å². The highest BCUT2D eigenvalue weighted by Crippen LogP contribution is 2.37. The number of ether oxygens (including phenoxy) is 4. The minimum absolute atomic E-state index is 0.178. The fourth-order valence-electron chi connectivity index (χ4n) is 3.22. The second-order valence-electron chi connectivity index (χ2n) is 6.84. The average Bonchev–Trinajstić information content (AvgIpc) is 2.84. The molecule has 0 aliphatic rings. The summed E-state index contributed by atoms with van der Waals surface area (Å²) in [7, 11) is 5.58. The van der Waals surface area contributed by atoms with Gasteiger partial charge in [0.2, 0.25) is 0 Å². The largest absolute Gasteiger partial charge is 0.496 e. The molecule has 0 bridgehead atoms. The van der Waals surface area contributed by atoms with Gasteiger partial charge in [0.1, 0.15) is 28.7 Å². The topological polar surface area (TPSA) is 88.1 Å². The molecule has 32 heavy (non-hydrogen) atoms. The predicted octanol–water partition coefficient (Wildman–Crippen LogP) is 5.01. The fourth-order valence-corrected chi connectivity index (χ4v) is 3.22. The molecule has 0 fully saturated rings. The van der Waals surface area contributed by atoms with E-state index in [1.807, 2.05) is 6.07 Å². The Hall–Kier alpha value is -2.92. The molecule has 174 valence electrons. The van der Waals surface area contributed by atoms with Crippen LogP contribution in [0.25, 0.3) is 0 Å². The third-order valence-electron chi connectivity index (χ3n) is 4.83. The normalized spacial score (nSPS) is 10.9. The van der Waals surface area contributed by atoms with Crippen LogP contribution in [-0.4, -0.2) is 39.7 Å². The SMILES string of the molecule is CCCCCCOC(=O)C(C(=O)c1c(OC)cc(OC)cc1OC)c1ccccc1.O=[PH2+]. The Morgan fingerprint density at radius 2 is 1.47 bits per heavy atom. The lowest BCUT2D eigenvalue weighted by atomic mass is 9.89. The molecule has 0 aliphatic heterocycles. The lowest BCUT2D eigenvalue weighted by Gasteiger charge is -2.19. The van der Waals surface area contributed by atoms with E-state index < -0.39 is 17.7 Å². The van der Waals surface area contributed by atoms with E-state index in [-0.39, 0.29) is 23.7 Å². The first kappa shape index (κ1) is 27.1. The lowest BCUT2D eigenvalue weighted by molar-refractivity contribution is -0.144. The molecule has 2 atom stereocenters. The van der Waals surface area contributed by atoms with E-state index >= 15 is 0 Å². The number of methoxy groups -OCH3 is 3. The fraction of sp³-hybridized carbons (Fsp3) is 0.417. The first-order valence-electron chi connectivity index (χ1n) is 10.4. The summed E-state index contributed by atoms with van der Waals surface area (Å²) in [6.45, 7) is 2.40. The van der Waals surface area contributed by atoms with E-state index in [9.17, 15) is 9.59 Å². The average molecular weight is 463 g/mol. The van der Waals surface area contributed by atoms with E-state index in [2.05, 4.69) is 6.92 Å². The molecule has 0 heterocycles. The number of ketones is 1. The highest BCUT2D eigenvalue weighted by Gasteiger charge is 2.35. The summed E-state index contributed by atoms with van der Waals surface area (Å²) in [4.78, 5) is 26.5. The van der Waals surface area contributed by atoms with Crippen molar-refractivity contribution in [3.05, 3.63) is 53.6 Å². The molecular formula is C24H32O7P+. The third kappa shape index (κ3) is 7.34. The Morgan fingerprint density at radius 1 is 0.875 bits per heavy atom. The zero-order chi connectivity index (χ0) is 23.9. The van der Waals surface area contributed by atoms with Gasteiger partial charge in [-0.25, -0.2) is 0 Å². The molecule has 2 aromatic carbocycles. The van der Waals surface area contributed by atoms with Crippen molar-refractivity contribution >= 4 is 20.9 Å². The van der Waals surface area contributed by atoms with Crippen LogP contribution in [0.15, 0.2) is 42.5 Å². The first-order chi connectivity index (χ1) is 15.6. The van der Waals surface area contributed by atoms with Gasteiger partial charge in [-0.2, -0.15) is 0 Å². The van der Waals surface area contributed by atoms with E-state index in [0.29, 0.717) is 11.3 Å². The lowest BCUT2D eigenvalue weighted by Crippen LogP contribution is -2.25. The minimum Gasteiger partial charge on any atom is -0.496 e. The molecule has 0 N–H and O–H groups in total. The van der Waals surface area contributed by atoms with Crippen molar-refractivity contribution in [3.63, 3.8) is 0 Å². The number of rotatable bonds is 12. The van der Waals surface area contributed by atoms with Gasteiger partial charge in [-0.3, -0.25) is 9.59 Å². The van der Waals surface area contributed by atoms with Crippen LogP contribution < -0.4 is 14.2 Å². The van der Waals surface area contributed by atoms with E-state index in [0.717, 1.165) is 25.7 Å². The van der Waals surface area contributed by atoms with Gasteiger partial charge in [-0.05, 0) is 12.0 Å². The Morgan fingerprint density at radius 3 is 1.97 bits per heavy atom. The van der Waals surface area contributed by atoms with Crippen LogP contribution in [0.1, 0.15) is 54.4 Å². The van der Waals surface area contributed by atoms with Crippen molar-refractivity contribution in [3.8, 4) is 17.2 Å².